The van der Waals surface area contributed by atoms with Crippen LogP contribution in [0.1, 0.15) is 21.5 Å². The van der Waals surface area contributed by atoms with Gasteiger partial charge in [0.2, 0.25) is 10.0 Å². The summed E-state index contributed by atoms with van der Waals surface area (Å²) in [6, 6.07) is 17.3. The van der Waals surface area contributed by atoms with Gasteiger partial charge >= 0.3 is 0 Å². The Morgan fingerprint density at radius 2 is 1.34 bits per heavy atom. The van der Waals surface area contributed by atoms with Crippen LogP contribution in [0.25, 0.3) is 0 Å². The van der Waals surface area contributed by atoms with Crippen LogP contribution in [0.15, 0.2) is 71.6 Å². The number of benzene rings is 3. The average molecular weight is 474 g/mol. The standard InChI is InChI=1S/C22H23N3O5S2/c1-15-4-9-18(10-5-15)24-32(29,30)20-12-7-17(8-13-20)22(26)23-19-11-6-16(2)21(14-19)25-31(3,27)28/h4-14,24-25H,1-3H3,(H,23,26). The molecule has 0 unspecified atom stereocenters. The van der Waals surface area contributed by atoms with Crippen LogP contribution >= 0.6 is 0 Å². The van der Waals surface area contributed by atoms with Crippen molar-refractivity contribution in [2.75, 3.05) is 21.0 Å². The second kappa shape index (κ2) is 9.01. The van der Waals surface area contributed by atoms with E-state index in [1.54, 1.807) is 43.3 Å². The van der Waals surface area contributed by atoms with E-state index in [-0.39, 0.29) is 10.5 Å². The molecule has 3 N–H and O–H groups in total. The van der Waals surface area contributed by atoms with Gasteiger partial charge in [0.05, 0.1) is 16.8 Å². The van der Waals surface area contributed by atoms with Gasteiger partial charge in [-0.2, -0.15) is 0 Å². The van der Waals surface area contributed by atoms with Crippen LogP contribution < -0.4 is 14.8 Å². The number of carbonyl (C=O) groups is 1. The minimum atomic E-state index is -3.80. The van der Waals surface area contributed by atoms with Gasteiger partial charge < -0.3 is 5.32 Å². The summed E-state index contributed by atoms with van der Waals surface area (Å²) in [4.78, 5) is 12.6. The summed E-state index contributed by atoms with van der Waals surface area (Å²) in [5.41, 5.74) is 3.14. The Labute approximate surface area is 187 Å². The number of rotatable bonds is 7. The number of nitrogens with one attached hydrogen (secondary N) is 3. The van der Waals surface area contributed by atoms with Crippen molar-refractivity contribution in [3.63, 3.8) is 0 Å². The van der Waals surface area contributed by atoms with Gasteiger partial charge in [-0.15, -0.1) is 0 Å². The summed E-state index contributed by atoms with van der Waals surface area (Å²) < 4.78 is 53.0. The van der Waals surface area contributed by atoms with E-state index in [2.05, 4.69) is 14.8 Å². The summed E-state index contributed by atoms with van der Waals surface area (Å²) in [5, 5.41) is 2.68. The van der Waals surface area contributed by atoms with Gasteiger partial charge in [-0.1, -0.05) is 23.8 Å². The molecule has 0 bridgehead atoms. The van der Waals surface area contributed by atoms with Gasteiger partial charge in [0.25, 0.3) is 15.9 Å². The lowest BCUT2D eigenvalue weighted by atomic mass is 10.1. The molecule has 0 saturated carbocycles. The van der Waals surface area contributed by atoms with Crippen molar-refractivity contribution in [2.24, 2.45) is 0 Å². The van der Waals surface area contributed by atoms with Crippen LogP contribution in [-0.2, 0) is 20.0 Å². The molecule has 10 heteroatoms. The van der Waals surface area contributed by atoms with Gasteiger partial charge in [0, 0.05) is 16.9 Å². The fourth-order valence-electron chi connectivity index (χ4n) is 2.83. The number of amides is 1. The molecule has 0 spiro atoms. The maximum Gasteiger partial charge on any atom is 0.261 e. The Kier molecular flexibility index (Phi) is 6.56. The van der Waals surface area contributed by atoms with Crippen LogP contribution in [0.3, 0.4) is 0 Å². The van der Waals surface area contributed by atoms with E-state index in [1.165, 1.54) is 30.3 Å². The first-order valence-corrected chi connectivity index (χ1v) is 12.9. The summed E-state index contributed by atoms with van der Waals surface area (Å²) in [6.45, 7) is 3.64. The lowest BCUT2D eigenvalue weighted by molar-refractivity contribution is 0.102. The van der Waals surface area contributed by atoms with Crippen molar-refractivity contribution in [2.45, 2.75) is 18.7 Å². The van der Waals surface area contributed by atoms with E-state index in [1.807, 2.05) is 6.92 Å². The highest BCUT2D eigenvalue weighted by atomic mass is 32.2. The van der Waals surface area contributed by atoms with Crippen molar-refractivity contribution in [3.8, 4) is 0 Å². The predicted molar refractivity (Wildman–Crippen MR) is 126 cm³/mol. The van der Waals surface area contributed by atoms with Crippen LogP contribution in [-0.4, -0.2) is 29.0 Å². The number of hydrogen-bond acceptors (Lipinski definition) is 5. The maximum atomic E-state index is 12.6. The van der Waals surface area contributed by atoms with E-state index in [0.717, 1.165) is 11.8 Å². The van der Waals surface area contributed by atoms with Crippen molar-refractivity contribution in [3.05, 3.63) is 83.4 Å². The number of carbonyl (C=O) groups excluding carboxylic acids is 1. The topological polar surface area (TPSA) is 121 Å². The van der Waals surface area contributed by atoms with Crippen LogP contribution in [0.2, 0.25) is 0 Å². The molecule has 0 atom stereocenters. The molecule has 1 amide bonds. The fourth-order valence-corrected chi connectivity index (χ4v) is 4.51. The first-order valence-electron chi connectivity index (χ1n) is 9.52. The summed E-state index contributed by atoms with van der Waals surface area (Å²) in [5.74, 6) is -0.463. The molecule has 168 valence electrons. The molecule has 0 aromatic heterocycles. The van der Waals surface area contributed by atoms with Gasteiger partial charge in [-0.05, 0) is 67.9 Å². The molecule has 3 aromatic carbocycles. The highest BCUT2D eigenvalue weighted by molar-refractivity contribution is 7.92. The lowest BCUT2D eigenvalue weighted by Crippen LogP contribution is -2.15. The smallest absolute Gasteiger partial charge is 0.261 e. The van der Waals surface area contributed by atoms with Crippen LogP contribution in [0.4, 0.5) is 17.1 Å². The lowest BCUT2D eigenvalue weighted by Gasteiger charge is -2.12. The zero-order valence-corrected chi connectivity index (χ0v) is 19.3. The first-order chi connectivity index (χ1) is 14.9. The van der Waals surface area contributed by atoms with E-state index < -0.39 is 26.0 Å². The quantitative estimate of drug-likeness (QED) is 0.483. The van der Waals surface area contributed by atoms with E-state index in [4.69, 9.17) is 0 Å². The minimum absolute atomic E-state index is 0.0181. The number of sulfonamides is 2. The Bertz CT molecular complexity index is 1350. The minimum Gasteiger partial charge on any atom is -0.322 e. The third-order valence-electron chi connectivity index (χ3n) is 4.52. The van der Waals surface area contributed by atoms with Crippen molar-refractivity contribution in [1.29, 1.82) is 0 Å². The fraction of sp³-hybridized carbons (Fsp3) is 0.136. The SMILES string of the molecule is Cc1ccc(NS(=O)(=O)c2ccc(C(=O)Nc3ccc(C)c(NS(C)(=O)=O)c3)cc2)cc1. The average Bonchev–Trinajstić information content (AvgIpc) is 2.71. The number of aryl methyl sites for hydroxylation is 2. The molecule has 0 saturated heterocycles. The van der Waals surface area contributed by atoms with Crippen molar-refractivity contribution in [1.82, 2.24) is 0 Å². The molecule has 3 rings (SSSR count). The largest absolute Gasteiger partial charge is 0.322 e. The highest BCUT2D eigenvalue weighted by Gasteiger charge is 2.16. The molecule has 0 radical (unpaired) electrons. The summed E-state index contributed by atoms with van der Waals surface area (Å²) >= 11 is 0. The molecular weight excluding hydrogens is 450 g/mol. The normalized spacial score (nSPS) is 11.6. The maximum absolute atomic E-state index is 12.6. The van der Waals surface area contributed by atoms with Crippen LogP contribution in [0, 0.1) is 13.8 Å². The molecular formula is C22H23N3O5S2. The molecule has 8 nitrogen and oxygen atoms in total. The Morgan fingerprint density at radius 1 is 0.750 bits per heavy atom. The number of hydrogen-bond donors (Lipinski definition) is 3. The molecule has 0 fully saturated rings. The second-order valence-corrected chi connectivity index (χ2v) is 10.8. The van der Waals surface area contributed by atoms with Gasteiger partial charge in [0.1, 0.15) is 0 Å². The molecule has 32 heavy (non-hydrogen) atoms. The molecule has 0 aliphatic heterocycles. The molecule has 0 heterocycles. The van der Waals surface area contributed by atoms with E-state index in [9.17, 15) is 21.6 Å². The van der Waals surface area contributed by atoms with E-state index >= 15 is 0 Å². The van der Waals surface area contributed by atoms with E-state index in [0.29, 0.717) is 22.6 Å². The molecule has 3 aromatic rings. The molecule has 0 aliphatic rings. The van der Waals surface area contributed by atoms with Crippen molar-refractivity contribution >= 4 is 43.0 Å². The summed E-state index contributed by atoms with van der Waals surface area (Å²) in [6.07, 6.45) is 1.04. The number of anilines is 3. The van der Waals surface area contributed by atoms with Gasteiger partial charge in [0.15, 0.2) is 0 Å². The third kappa shape index (κ3) is 6.08. The van der Waals surface area contributed by atoms with Gasteiger partial charge in [-0.25, -0.2) is 16.8 Å². The first kappa shape index (κ1) is 23.3. The zero-order valence-electron chi connectivity index (χ0n) is 17.7. The summed E-state index contributed by atoms with van der Waals surface area (Å²) in [7, 11) is -7.27. The Morgan fingerprint density at radius 3 is 1.94 bits per heavy atom. The van der Waals surface area contributed by atoms with Gasteiger partial charge in [-0.3, -0.25) is 14.2 Å². The predicted octanol–water partition coefficient (Wildman–Crippen LogP) is 3.73. The van der Waals surface area contributed by atoms with Crippen molar-refractivity contribution < 1.29 is 21.6 Å². The second-order valence-electron chi connectivity index (χ2n) is 7.35. The molecule has 0 aliphatic carbocycles. The third-order valence-corrected chi connectivity index (χ3v) is 6.51. The highest BCUT2D eigenvalue weighted by Crippen LogP contribution is 2.22. The Balaban J connectivity index is 1.74. The van der Waals surface area contributed by atoms with Crippen LogP contribution in [0.5, 0.6) is 0 Å². The monoisotopic (exact) mass is 473 g/mol. The zero-order chi connectivity index (χ0) is 23.5. The Hall–Kier alpha value is -3.37.